The first-order valence-electron chi connectivity index (χ1n) is 5.77. The van der Waals surface area contributed by atoms with Crippen molar-refractivity contribution in [3.05, 3.63) is 29.3 Å². The number of alkyl halides is 3. The molecule has 1 atom stereocenters. The molecule has 1 aromatic rings. The van der Waals surface area contributed by atoms with Crippen LogP contribution < -0.4 is 11.1 Å². The highest BCUT2D eigenvalue weighted by Gasteiger charge is 2.32. The Bertz CT molecular complexity index is 431. The summed E-state index contributed by atoms with van der Waals surface area (Å²) in [5.41, 5.74) is 6.01. The Kier molecular flexibility index (Phi) is 3.49. The second-order valence-corrected chi connectivity index (χ2v) is 4.54. The van der Waals surface area contributed by atoms with E-state index in [0.29, 0.717) is 6.54 Å². The van der Waals surface area contributed by atoms with Crippen molar-refractivity contribution in [2.45, 2.75) is 12.2 Å². The van der Waals surface area contributed by atoms with Crippen molar-refractivity contribution in [1.29, 1.82) is 0 Å². The minimum atomic E-state index is -4.34. The number of anilines is 1. The predicted molar refractivity (Wildman–Crippen MR) is 64.1 cm³/mol. The molecule has 18 heavy (non-hydrogen) atoms. The standard InChI is InChI=1S/C12H16F3N3/c1-18-5-4-17-7-11(18)9-3-2-8(6-10(9)16)12(13,14)15/h2-3,6,11,17H,4-5,7,16H2,1H3. The molecule has 1 heterocycles. The highest BCUT2D eigenvalue weighted by Crippen LogP contribution is 2.34. The molecule has 1 saturated heterocycles. The molecule has 0 aliphatic carbocycles. The van der Waals surface area contributed by atoms with Crippen LogP contribution in [0.5, 0.6) is 0 Å². The zero-order chi connectivity index (χ0) is 13.3. The molecule has 1 aliphatic heterocycles. The molecule has 100 valence electrons. The molecule has 6 heteroatoms. The lowest BCUT2D eigenvalue weighted by atomic mass is 10.00. The summed E-state index contributed by atoms with van der Waals surface area (Å²) in [4.78, 5) is 2.09. The van der Waals surface area contributed by atoms with Gasteiger partial charge in [0.25, 0.3) is 0 Å². The summed E-state index contributed by atoms with van der Waals surface area (Å²) >= 11 is 0. The van der Waals surface area contributed by atoms with Crippen molar-refractivity contribution < 1.29 is 13.2 Å². The van der Waals surface area contributed by atoms with E-state index in [1.54, 1.807) is 0 Å². The highest BCUT2D eigenvalue weighted by atomic mass is 19.4. The van der Waals surface area contributed by atoms with Crippen LogP contribution in [0.25, 0.3) is 0 Å². The molecule has 2 rings (SSSR count). The third-order valence-corrected chi connectivity index (χ3v) is 3.28. The van der Waals surface area contributed by atoms with Gasteiger partial charge in [-0.25, -0.2) is 0 Å². The third-order valence-electron chi connectivity index (χ3n) is 3.28. The van der Waals surface area contributed by atoms with Crippen molar-refractivity contribution in [2.75, 3.05) is 32.4 Å². The molecule has 1 aromatic carbocycles. The summed E-state index contributed by atoms with van der Waals surface area (Å²) in [6.07, 6.45) is -4.34. The van der Waals surface area contributed by atoms with Crippen molar-refractivity contribution in [1.82, 2.24) is 10.2 Å². The Morgan fingerprint density at radius 1 is 1.39 bits per heavy atom. The molecule has 0 amide bonds. The first kappa shape index (κ1) is 13.2. The molecule has 0 bridgehead atoms. The lowest BCUT2D eigenvalue weighted by molar-refractivity contribution is -0.137. The monoisotopic (exact) mass is 259 g/mol. The number of hydrogen-bond donors (Lipinski definition) is 2. The smallest absolute Gasteiger partial charge is 0.398 e. The van der Waals surface area contributed by atoms with Gasteiger partial charge in [0.1, 0.15) is 0 Å². The fourth-order valence-electron chi connectivity index (χ4n) is 2.21. The first-order chi connectivity index (χ1) is 8.39. The van der Waals surface area contributed by atoms with Crippen LogP contribution in [0.2, 0.25) is 0 Å². The van der Waals surface area contributed by atoms with Crippen LogP contribution in [0.1, 0.15) is 17.2 Å². The number of halogens is 3. The SMILES string of the molecule is CN1CCNCC1c1ccc(C(F)(F)F)cc1N. The fraction of sp³-hybridized carbons (Fsp3) is 0.500. The number of likely N-dealkylation sites (N-methyl/N-ethyl adjacent to an activating group) is 1. The van der Waals surface area contributed by atoms with E-state index in [1.807, 2.05) is 7.05 Å². The van der Waals surface area contributed by atoms with E-state index >= 15 is 0 Å². The third kappa shape index (κ3) is 2.59. The van der Waals surface area contributed by atoms with Crippen LogP contribution in [-0.2, 0) is 6.18 Å². The lowest BCUT2D eigenvalue weighted by Gasteiger charge is -2.34. The van der Waals surface area contributed by atoms with Gasteiger partial charge in [-0.15, -0.1) is 0 Å². The lowest BCUT2D eigenvalue weighted by Crippen LogP contribution is -2.44. The van der Waals surface area contributed by atoms with E-state index in [-0.39, 0.29) is 11.7 Å². The van der Waals surface area contributed by atoms with Crippen LogP contribution in [0.3, 0.4) is 0 Å². The van der Waals surface area contributed by atoms with Crippen molar-refractivity contribution in [3.63, 3.8) is 0 Å². The van der Waals surface area contributed by atoms with E-state index in [2.05, 4.69) is 10.2 Å². The number of rotatable bonds is 1. The molecule has 3 N–H and O–H groups in total. The quantitative estimate of drug-likeness (QED) is 0.756. The molecule has 1 unspecified atom stereocenters. The highest BCUT2D eigenvalue weighted by molar-refractivity contribution is 5.51. The van der Waals surface area contributed by atoms with Crippen molar-refractivity contribution >= 4 is 5.69 Å². The predicted octanol–water partition coefficient (Wildman–Crippen LogP) is 1.86. The minimum absolute atomic E-state index is 0.0287. The summed E-state index contributed by atoms with van der Waals surface area (Å²) in [5.74, 6) is 0. The van der Waals surface area contributed by atoms with Gasteiger partial charge in [-0.05, 0) is 24.7 Å². The van der Waals surface area contributed by atoms with Gasteiger partial charge in [-0.3, -0.25) is 4.90 Å². The fourth-order valence-corrected chi connectivity index (χ4v) is 2.21. The summed E-state index contributed by atoms with van der Waals surface area (Å²) in [6.45, 7) is 2.44. The topological polar surface area (TPSA) is 41.3 Å². The maximum atomic E-state index is 12.5. The molecular formula is C12H16F3N3. The molecule has 1 fully saturated rings. The maximum Gasteiger partial charge on any atom is 0.416 e. The van der Waals surface area contributed by atoms with E-state index in [4.69, 9.17) is 5.73 Å². The molecule has 0 radical (unpaired) electrons. The molecule has 0 saturated carbocycles. The number of piperazine rings is 1. The van der Waals surface area contributed by atoms with Crippen LogP contribution in [0, 0.1) is 0 Å². The van der Waals surface area contributed by atoms with Crippen LogP contribution in [0.15, 0.2) is 18.2 Å². The minimum Gasteiger partial charge on any atom is -0.398 e. The second-order valence-electron chi connectivity index (χ2n) is 4.54. The van der Waals surface area contributed by atoms with Crippen molar-refractivity contribution in [2.24, 2.45) is 0 Å². The molecule has 0 aromatic heterocycles. The van der Waals surface area contributed by atoms with Gasteiger partial charge < -0.3 is 11.1 Å². The van der Waals surface area contributed by atoms with Gasteiger partial charge >= 0.3 is 6.18 Å². The number of hydrogen-bond acceptors (Lipinski definition) is 3. The van der Waals surface area contributed by atoms with Crippen LogP contribution >= 0.6 is 0 Å². The maximum absolute atomic E-state index is 12.5. The Morgan fingerprint density at radius 3 is 2.67 bits per heavy atom. The van der Waals surface area contributed by atoms with E-state index in [0.717, 1.165) is 30.8 Å². The molecule has 0 spiro atoms. The Balaban J connectivity index is 2.29. The molecule has 3 nitrogen and oxygen atoms in total. The average Bonchev–Trinajstić information content (AvgIpc) is 2.29. The van der Waals surface area contributed by atoms with E-state index in [9.17, 15) is 13.2 Å². The van der Waals surface area contributed by atoms with Gasteiger partial charge in [0.15, 0.2) is 0 Å². The van der Waals surface area contributed by atoms with E-state index < -0.39 is 11.7 Å². The largest absolute Gasteiger partial charge is 0.416 e. The Labute approximate surface area is 104 Å². The number of nitrogens with zero attached hydrogens (tertiary/aromatic N) is 1. The van der Waals surface area contributed by atoms with Gasteiger partial charge in [0.05, 0.1) is 5.56 Å². The number of nitrogen functional groups attached to an aromatic ring is 1. The van der Waals surface area contributed by atoms with Gasteiger partial charge in [-0.1, -0.05) is 6.07 Å². The Hall–Kier alpha value is -1.27. The zero-order valence-corrected chi connectivity index (χ0v) is 10.1. The zero-order valence-electron chi connectivity index (χ0n) is 10.1. The second kappa shape index (κ2) is 4.78. The van der Waals surface area contributed by atoms with Crippen LogP contribution in [0.4, 0.5) is 18.9 Å². The number of nitrogens with two attached hydrogens (primary N) is 1. The van der Waals surface area contributed by atoms with Gasteiger partial charge in [0, 0.05) is 31.4 Å². The molecule has 1 aliphatic rings. The van der Waals surface area contributed by atoms with Crippen LogP contribution in [-0.4, -0.2) is 31.6 Å². The van der Waals surface area contributed by atoms with Crippen molar-refractivity contribution in [3.8, 4) is 0 Å². The Morgan fingerprint density at radius 2 is 2.11 bits per heavy atom. The first-order valence-corrected chi connectivity index (χ1v) is 5.77. The summed E-state index contributed by atoms with van der Waals surface area (Å²) < 4.78 is 37.6. The molecular weight excluding hydrogens is 243 g/mol. The number of benzene rings is 1. The van der Waals surface area contributed by atoms with E-state index in [1.165, 1.54) is 6.07 Å². The number of nitrogens with one attached hydrogen (secondary N) is 1. The average molecular weight is 259 g/mol. The summed E-state index contributed by atoms with van der Waals surface area (Å²) in [5, 5.41) is 3.22. The summed E-state index contributed by atoms with van der Waals surface area (Å²) in [7, 11) is 1.95. The normalized spacial score (nSPS) is 22.1. The summed E-state index contributed by atoms with van der Waals surface area (Å²) in [6, 6.07) is 3.61. The van der Waals surface area contributed by atoms with Gasteiger partial charge in [-0.2, -0.15) is 13.2 Å². The van der Waals surface area contributed by atoms with Gasteiger partial charge in [0.2, 0.25) is 0 Å².